The van der Waals surface area contributed by atoms with E-state index in [1.165, 1.54) is 18.9 Å². The summed E-state index contributed by atoms with van der Waals surface area (Å²) in [5.41, 5.74) is 0.783. The summed E-state index contributed by atoms with van der Waals surface area (Å²) in [6.45, 7) is 3.51. The molecule has 0 aromatic heterocycles. The zero-order valence-corrected chi connectivity index (χ0v) is 16.6. The van der Waals surface area contributed by atoms with Gasteiger partial charge in [-0.2, -0.15) is 13.2 Å². The van der Waals surface area contributed by atoms with Crippen LogP contribution < -0.4 is 0 Å². The fourth-order valence-corrected chi connectivity index (χ4v) is 4.36. The van der Waals surface area contributed by atoms with Crippen molar-refractivity contribution in [2.75, 3.05) is 19.6 Å². The van der Waals surface area contributed by atoms with E-state index in [0.29, 0.717) is 18.9 Å². The van der Waals surface area contributed by atoms with E-state index in [2.05, 4.69) is 9.80 Å². The Balaban J connectivity index is 0.000000318. The van der Waals surface area contributed by atoms with Gasteiger partial charge in [0.15, 0.2) is 0 Å². The molecule has 1 aromatic carbocycles. The third-order valence-electron chi connectivity index (χ3n) is 6.04. The SMILES string of the molecule is O=C(O)C(F)(F)F.O=C1CCC2(CCCN(Cc3ccccc3F)C2)N1CC1CC1. The third kappa shape index (κ3) is 5.50. The van der Waals surface area contributed by atoms with Gasteiger partial charge in [-0.15, -0.1) is 0 Å². The Morgan fingerprint density at radius 3 is 2.47 bits per heavy atom. The molecule has 0 radical (unpaired) electrons. The first kappa shape index (κ1) is 22.5. The average Bonchev–Trinajstić information content (AvgIpc) is 3.46. The Morgan fingerprint density at radius 1 is 1.20 bits per heavy atom. The lowest BCUT2D eigenvalue weighted by molar-refractivity contribution is -0.192. The van der Waals surface area contributed by atoms with E-state index < -0.39 is 12.1 Å². The van der Waals surface area contributed by atoms with Crippen molar-refractivity contribution in [3.05, 3.63) is 35.6 Å². The van der Waals surface area contributed by atoms with Crippen molar-refractivity contribution in [3.63, 3.8) is 0 Å². The van der Waals surface area contributed by atoms with Crippen molar-refractivity contribution >= 4 is 11.9 Å². The van der Waals surface area contributed by atoms with Crippen LogP contribution in [-0.2, 0) is 16.1 Å². The first-order chi connectivity index (χ1) is 14.1. The van der Waals surface area contributed by atoms with Gasteiger partial charge in [0.2, 0.25) is 5.91 Å². The highest BCUT2D eigenvalue weighted by molar-refractivity contribution is 5.80. The van der Waals surface area contributed by atoms with E-state index in [4.69, 9.17) is 9.90 Å². The summed E-state index contributed by atoms with van der Waals surface area (Å²) in [6, 6.07) is 7.05. The summed E-state index contributed by atoms with van der Waals surface area (Å²) in [6.07, 6.45) is 1.35. The number of carbonyl (C=O) groups is 2. The Labute approximate surface area is 172 Å². The van der Waals surface area contributed by atoms with Gasteiger partial charge in [0.25, 0.3) is 0 Å². The molecule has 3 aliphatic rings. The number of halogens is 4. The molecule has 1 spiro atoms. The Morgan fingerprint density at radius 2 is 1.87 bits per heavy atom. The minimum Gasteiger partial charge on any atom is -0.475 e. The van der Waals surface area contributed by atoms with Crippen LogP contribution in [0.15, 0.2) is 24.3 Å². The lowest BCUT2D eigenvalue weighted by Gasteiger charge is -2.46. The van der Waals surface area contributed by atoms with Crippen molar-refractivity contribution in [1.82, 2.24) is 9.80 Å². The molecule has 1 aliphatic carbocycles. The Bertz CT molecular complexity index is 782. The summed E-state index contributed by atoms with van der Waals surface area (Å²) in [5.74, 6) is -1.81. The molecule has 2 heterocycles. The van der Waals surface area contributed by atoms with Crippen molar-refractivity contribution < 1.29 is 32.3 Å². The maximum Gasteiger partial charge on any atom is 0.490 e. The van der Waals surface area contributed by atoms with Crippen molar-refractivity contribution in [1.29, 1.82) is 0 Å². The van der Waals surface area contributed by atoms with Crippen molar-refractivity contribution in [2.45, 2.75) is 56.8 Å². The molecule has 166 valence electrons. The van der Waals surface area contributed by atoms with Gasteiger partial charge in [0.05, 0.1) is 5.54 Å². The highest BCUT2D eigenvalue weighted by atomic mass is 19.4. The van der Waals surface area contributed by atoms with E-state index in [0.717, 1.165) is 50.4 Å². The predicted octanol–water partition coefficient (Wildman–Crippen LogP) is 3.83. The van der Waals surface area contributed by atoms with Crippen molar-refractivity contribution in [3.8, 4) is 0 Å². The largest absolute Gasteiger partial charge is 0.490 e. The molecular formula is C21H26F4N2O3. The van der Waals surface area contributed by atoms with E-state index >= 15 is 0 Å². The summed E-state index contributed by atoms with van der Waals surface area (Å²) < 4.78 is 45.7. The fraction of sp³-hybridized carbons (Fsp3) is 0.619. The van der Waals surface area contributed by atoms with Gasteiger partial charge in [0.1, 0.15) is 5.82 Å². The highest BCUT2D eigenvalue weighted by Crippen LogP contribution is 2.41. The number of carboxylic acid groups (broad SMARTS) is 1. The summed E-state index contributed by atoms with van der Waals surface area (Å²) in [7, 11) is 0. The number of nitrogens with zero attached hydrogens (tertiary/aromatic N) is 2. The van der Waals surface area contributed by atoms with Gasteiger partial charge in [-0.1, -0.05) is 18.2 Å². The standard InChI is InChI=1S/C19H25FN2O.C2HF3O2/c20-17-5-2-1-4-16(17)13-21-11-3-9-19(14-21)10-8-18(23)22(19)12-15-6-7-15;3-2(4,5)1(6)7/h1-2,4-5,15H,3,6-14H2;(H,6,7). The van der Waals surface area contributed by atoms with Gasteiger partial charge < -0.3 is 10.0 Å². The molecular weight excluding hydrogens is 404 g/mol. The topological polar surface area (TPSA) is 60.9 Å². The molecule has 1 unspecified atom stereocenters. The quantitative estimate of drug-likeness (QED) is 0.738. The van der Waals surface area contributed by atoms with E-state index in [-0.39, 0.29) is 11.4 Å². The van der Waals surface area contributed by atoms with Gasteiger partial charge in [0, 0.05) is 31.6 Å². The normalized spacial score (nSPS) is 24.7. The molecule has 30 heavy (non-hydrogen) atoms. The number of carbonyl (C=O) groups excluding carboxylic acids is 1. The van der Waals surface area contributed by atoms with Gasteiger partial charge >= 0.3 is 12.1 Å². The first-order valence-corrected chi connectivity index (χ1v) is 10.2. The number of hydrogen-bond donors (Lipinski definition) is 1. The van der Waals surface area contributed by atoms with Crippen molar-refractivity contribution in [2.24, 2.45) is 5.92 Å². The second-order valence-electron chi connectivity index (χ2n) is 8.38. The number of rotatable bonds is 4. The second kappa shape index (κ2) is 8.91. The lowest BCUT2D eigenvalue weighted by Crippen LogP contribution is -2.56. The fourth-order valence-electron chi connectivity index (χ4n) is 4.36. The monoisotopic (exact) mass is 430 g/mol. The minimum absolute atomic E-state index is 0.0170. The number of amides is 1. The maximum atomic E-state index is 13.9. The number of likely N-dealkylation sites (tertiary alicyclic amines) is 2. The average molecular weight is 430 g/mol. The summed E-state index contributed by atoms with van der Waals surface area (Å²) in [5, 5.41) is 7.12. The third-order valence-corrected chi connectivity index (χ3v) is 6.04. The highest BCUT2D eigenvalue weighted by Gasteiger charge is 2.48. The maximum absolute atomic E-state index is 13.9. The number of piperidine rings is 1. The van der Waals surface area contributed by atoms with Crippen LogP contribution in [0, 0.1) is 11.7 Å². The molecule has 1 amide bonds. The smallest absolute Gasteiger partial charge is 0.475 e. The molecule has 1 saturated carbocycles. The van der Waals surface area contributed by atoms with Crippen LogP contribution in [0.3, 0.4) is 0 Å². The molecule has 9 heteroatoms. The first-order valence-electron chi connectivity index (χ1n) is 10.2. The number of benzene rings is 1. The van der Waals surface area contributed by atoms with Crippen LogP contribution in [-0.4, -0.2) is 58.1 Å². The molecule has 0 bridgehead atoms. The molecule has 2 saturated heterocycles. The van der Waals surface area contributed by atoms with Gasteiger partial charge in [-0.05, 0) is 50.6 Å². The summed E-state index contributed by atoms with van der Waals surface area (Å²) >= 11 is 0. The van der Waals surface area contributed by atoms with E-state index in [9.17, 15) is 22.4 Å². The van der Waals surface area contributed by atoms with Crippen LogP contribution >= 0.6 is 0 Å². The molecule has 4 rings (SSSR count). The number of aliphatic carboxylic acids is 1. The van der Waals surface area contributed by atoms with Crippen LogP contribution in [0.4, 0.5) is 17.6 Å². The number of carboxylic acids is 1. The molecule has 1 aromatic rings. The molecule has 1 atom stereocenters. The van der Waals surface area contributed by atoms with Crippen LogP contribution in [0.25, 0.3) is 0 Å². The minimum atomic E-state index is -5.08. The lowest BCUT2D eigenvalue weighted by atomic mass is 9.86. The molecule has 2 aliphatic heterocycles. The van der Waals surface area contributed by atoms with E-state index in [1.54, 1.807) is 6.07 Å². The Hall–Kier alpha value is -2.16. The second-order valence-corrected chi connectivity index (χ2v) is 8.38. The van der Waals surface area contributed by atoms with Gasteiger partial charge in [-0.25, -0.2) is 9.18 Å². The van der Waals surface area contributed by atoms with E-state index in [1.807, 2.05) is 12.1 Å². The van der Waals surface area contributed by atoms with Crippen LogP contribution in [0.1, 0.15) is 44.1 Å². The van der Waals surface area contributed by atoms with Crippen LogP contribution in [0.5, 0.6) is 0 Å². The molecule has 3 fully saturated rings. The zero-order chi connectivity index (χ0) is 21.9. The number of hydrogen-bond acceptors (Lipinski definition) is 3. The van der Waals surface area contributed by atoms with Crippen LogP contribution in [0.2, 0.25) is 0 Å². The van der Waals surface area contributed by atoms with Gasteiger partial charge in [-0.3, -0.25) is 9.69 Å². The zero-order valence-electron chi connectivity index (χ0n) is 16.6. The molecule has 5 nitrogen and oxygen atoms in total. The molecule has 1 N–H and O–H groups in total. The number of alkyl halides is 3. The predicted molar refractivity (Wildman–Crippen MR) is 101 cm³/mol. The Kier molecular flexibility index (Phi) is 6.69. The summed E-state index contributed by atoms with van der Waals surface area (Å²) in [4.78, 5) is 25.8.